The Hall–Kier alpha value is -2.34. The molecule has 2 aromatic carbocycles. The lowest BCUT2D eigenvalue weighted by molar-refractivity contribution is 0.102. The van der Waals surface area contributed by atoms with Crippen molar-refractivity contribution >= 4 is 57.7 Å². The van der Waals surface area contributed by atoms with Gasteiger partial charge in [0.05, 0.1) is 20.6 Å². The van der Waals surface area contributed by atoms with Crippen molar-refractivity contribution in [3.8, 4) is 0 Å². The minimum atomic E-state index is -0.319. The molecule has 4 nitrogen and oxygen atoms in total. The van der Waals surface area contributed by atoms with Crippen molar-refractivity contribution in [2.75, 3.05) is 10.6 Å². The van der Waals surface area contributed by atoms with Crippen molar-refractivity contribution < 1.29 is 9.59 Å². The zero-order chi connectivity index (χ0) is 17.8. The highest BCUT2D eigenvalue weighted by atomic mass is 35.5. The fourth-order valence-corrected chi connectivity index (χ4v) is 3.07. The SMILES string of the molecule is O=C(Nc1cccc(Cl)c1Cl)c1ccc(NC(=O)c2cccs2)cc1. The molecule has 0 unspecified atom stereocenters. The van der Waals surface area contributed by atoms with Crippen LogP contribution in [0.5, 0.6) is 0 Å². The summed E-state index contributed by atoms with van der Waals surface area (Å²) in [5.41, 5.74) is 1.48. The Morgan fingerprint density at radius 2 is 1.60 bits per heavy atom. The van der Waals surface area contributed by atoms with E-state index in [1.54, 1.807) is 48.5 Å². The maximum absolute atomic E-state index is 12.3. The van der Waals surface area contributed by atoms with Gasteiger partial charge in [-0.2, -0.15) is 0 Å². The second-order valence-corrected chi connectivity index (χ2v) is 6.80. The summed E-state index contributed by atoms with van der Waals surface area (Å²) in [5.74, 6) is -0.502. The third kappa shape index (κ3) is 4.20. The lowest BCUT2D eigenvalue weighted by atomic mass is 10.2. The molecule has 2 N–H and O–H groups in total. The number of amides is 2. The number of hydrogen-bond acceptors (Lipinski definition) is 3. The molecular formula is C18H12Cl2N2O2S. The van der Waals surface area contributed by atoms with Gasteiger partial charge in [0, 0.05) is 11.3 Å². The van der Waals surface area contributed by atoms with E-state index in [1.165, 1.54) is 11.3 Å². The number of halogens is 2. The highest BCUT2D eigenvalue weighted by molar-refractivity contribution is 7.12. The van der Waals surface area contributed by atoms with E-state index in [4.69, 9.17) is 23.2 Å². The third-order valence-corrected chi connectivity index (χ3v) is 5.04. The molecule has 0 fully saturated rings. The lowest BCUT2D eigenvalue weighted by Crippen LogP contribution is -2.13. The fraction of sp³-hybridized carbons (Fsp3) is 0. The normalized spacial score (nSPS) is 10.3. The summed E-state index contributed by atoms with van der Waals surface area (Å²) >= 11 is 13.4. The summed E-state index contributed by atoms with van der Waals surface area (Å²) in [7, 11) is 0. The van der Waals surface area contributed by atoms with E-state index in [1.807, 2.05) is 11.4 Å². The van der Waals surface area contributed by atoms with Gasteiger partial charge in [-0.25, -0.2) is 0 Å². The number of rotatable bonds is 4. The number of nitrogens with one attached hydrogen (secondary N) is 2. The van der Waals surface area contributed by atoms with Gasteiger partial charge < -0.3 is 10.6 Å². The second-order valence-electron chi connectivity index (χ2n) is 5.06. The standard InChI is InChI=1S/C18H12Cl2N2O2S/c19-13-3-1-4-14(16(13)20)22-17(23)11-6-8-12(9-7-11)21-18(24)15-5-2-10-25-15/h1-10H,(H,21,24)(H,22,23). The first-order valence-electron chi connectivity index (χ1n) is 7.25. The average molecular weight is 391 g/mol. The first-order chi connectivity index (χ1) is 12.0. The molecule has 0 spiro atoms. The molecule has 0 atom stereocenters. The van der Waals surface area contributed by atoms with Crippen molar-refractivity contribution in [3.63, 3.8) is 0 Å². The third-order valence-electron chi connectivity index (χ3n) is 3.35. The van der Waals surface area contributed by atoms with Crippen molar-refractivity contribution in [1.82, 2.24) is 0 Å². The zero-order valence-electron chi connectivity index (χ0n) is 12.8. The Labute approximate surface area is 158 Å². The fourth-order valence-electron chi connectivity index (χ4n) is 2.10. The molecule has 126 valence electrons. The summed E-state index contributed by atoms with van der Waals surface area (Å²) in [5, 5.41) is 7.98. The molecule has 2 amide bonds. The molecule has 3 aromatic rings. The Morgan fingerprint density at radius 1 is 0.840 bits per heavy atom. The van der Waals surface area contributed by atoms with Gasteiger partial charge in [-0.1, -0.05) is 35.3 Å². The summed E-state index contributed by atoms with van der Waals surface area (Å²) in [4.78, 5) is 24.9. The van der Waals surface area contributed by atoms with Crippen LogP contribution in [0.25, 0.3) is 0 Å². The number of thiophene rings is 1. The molecule has 1 aromatic heterocycles. The van der Waals surface area contributed by atoms with Crippen LogP contribution >= 0.6 is 34.5 Å². The summed E-state index contributed by atoms with van der Waals surface area (Å²) in [6, 6.07) is 15.2. The molecule has 0 aliphatic rings. The first-order valence-corrected chi connectivity index (χ1v) is 8.88. The van der Waals surface area contributed by atoms with Gasteiger partial charge >= 0.3 is 0 Å². The topological polar surface area (TPSA) is 58.2 Å². The van der Waals surface area contributed by atoms with Gasteiger partial charge in [0.2, 0.25) is 0 Å². The number of anilines is 2. The molecule has 0 aliphatic carbocycles. The van der Waals surface area contributed by atoms with Gasteiger partial charge in [-0.05, 0) is 47.8 Å². The Bertz CT molecular complexity index is 909. The van der Waals surface area contributed by atoms with Gasteiger partial charge in [0.15, 0.2) is 0 Å². The Balaban J connectivity index is 1.68. The van der Waals surface area contributed by atoms with Crippen molar-refractivity contribution in [1.29, 1.82) is 0 Å². The van der Waals surface area contributed by atoms with Gasteiger partial charge in [-0.3, -0.25) is 9.59 Å². The van der Waals surface area contributed by atoms with E-state index < -0.39 is 0 Å². The predicted molar refractivity (Wildman–Crippen MR) is 103 cm³/mol. The highest BCUT2D eigenvalue weighted by Crippen LogP contribution is 2.29. The van der Waals surface area contributed by atoms with E-state index in [-0.39, 0.29) is 16.8 Å². The molecule has 3 rings (SSSR count). The number of carbonyl (C=O) groups is 2. The van der Waals surface area contributed by atoms with Crippen LogP contribution in [0, 0.1) is 0 Å². The van der Waals surface area contributed by atoms with Crippen LogP contribution < -0.4 is 10.6 Å². The maximum Gasteiger partial charge on any atom is 0.265 e. The minimum Gasteiger partial charge on any atom is -0.321 e. The number of benzene rings is 2. The van der Waals surface area contributed by atoms with E-state index in [0.29, 0.717) is 26.8 Å². The molecule has 0 saturated heterocycles. The Kier molecular flexibility index (Phi) is 5.38. The van der Waals surface area contributed by atoms with E-state index in [0.717, 1.165) is 0 Å². The average Bonchev–Trinajstić information content (AvgIpc) is 3.14. The zero-order valence-corrected chi connectivity index (χ0v) is 15.1. The van der Waals surface area contributed by atoms with Crippen molar-refractivity contribution in [3.05, 3.63) is 80.5 Å². The number of carbonyl (C=O) groups excluding carboxylic acids is 2. The van der Waals surface area contributed by atoms with Crippen LogP contribution in [0.15, 0.2) is 60.0 Å². The monoisotopic (exact) mass is 390 g/mol. The minimum absolute atomic E-state index is 0.182. The molecular weight excluding hydrogens is 379 g/mol. The molecule has 0 radical (unpaired) electrons. The molecule has 0 aliphatic heterocycles. The summed E-state index contributed by atoms with van der Waals surface area (Å²) in [6.45, 7) is 0. The van der Waals surface area contributed by atoms with Crippen LogP contribution in [0.3, 0.4) is 0 Å². The smallest absolute Gasteiger partial charge is 0.265 e. The quantitative estimate of drug-likeness (QED) is 0.612. The van der Waals surface area contributed by atoms with Crippen LogP contribution in [0.2, 0.25) is 10.0 Å². The predicted octanol–water partition coefficient (Wildman–Crippen LogP) is 5.56. The van der Waals surface area contributed by atoms with Crippen LogP contribution in [-0.4, -0.2) is 11.8 Å². The van der Waals surface area contributed by atoms with Crippen molar-refractivity contribution in [2.45, 2.75) is 0 Å². The molecule has 0 saturated carbocycles. The van der Waals surface area contributed by atoms with E-state index in [9.17, 15) is 9.59 Å². The van der Waals surface area contributed by atoms with E-state index in [2.05, 4.69) is 10.6 Å². The second kappa shape index (κ2) is 7.70. The van der Waals surface area contributed by atoms with Gasteiger partial charge in [-0.15, -0.1) is 11.3 Å². The van der Waals surface area contributed by atoms with Crippen LogP contribution in [0.1, 0.15) is 20.0 Å². The maximum atomic E-state index is 12.3. The van der Waals surface area contributed by atoms with Gasteiger partial charge in [0.25, 0.3) is 11.8 Å². The largest absolute Gasteiger partial charge is 0.321 e. The molecule has 1 heterocycles. The number of hydrogen-bond donors (Lipinski definition) is 2. The van der Waals surface area contributed by atoms with Gasteiger partial charge in [0.1, 0.15) is 0 Å². The lowest BCUT2D eigenvalue weighted by Gasteiger charge is -2.09. The summed E-state index contributed by atoms with van der Waals surface area (Å²) in [6.07, 6.45) is 0. The molecule has 25 heavy (non-hydrogen) atoms. The molecule has 0 bridgehead atoms. The van der Waals surface area contributed by atoms with Crippen molar-refractivity contribution in [2.24, 2.45) is 0 Å². The molecule has 7 heteroatoms. The van der Waals surface area contributed by atoms with Crippen LogP contribution in [-0.2, 0) is 0 Å². The van der Waals surface area contributed by atoms with Crippen LogP contribution in [0.4, 0.5) is 11.4 Å². The summed E-state index contributed by atoms with van der Waals surface area (Å²) < 4.78 is 0. The van der Waals surface area contributed by atoms with E-state index >= 15 is 0 Å². The highest BCUT2D eigenvalue weighted by Gasteiger charge is 2.11. The first kappa shape index (κ1) is 17.5. The Morgan fingerprint density at radius 3 is 2.28 bits per heavy atom.